The van der Waals surface area contributed by atoms with Gasteiger partial charge in [-0.05, 0) is 61.6 Å². The minimum Gasteiger partial charge on any atom is -0.497 e. The van der Waals surface area contributed by atoms with Crippen LogP contribution < -0.4 is 10.1 Å². The Labute approximate surface area is 121 Å². The number of rotatable bonds is 5. The molecule has 1 N–H and O–H groups in total. The molecule has 3 fully saturated rings. The van der Waals surface area contributed by atoms with E-state index in [9.17, 15) is 0 Å². The Morgan fingerprint density at radius 1 is 1.15 bits per heavy atom. The van der Waals surface area contributed by atoms with Gasteiger partial charge < -0.3 is 10.1 Å². The molecule has 4 rings (SSSR count). The highest BCUT2D eigenvalue weighted by atomic mass is 16.5. The molecule has 0 saturated heterocycles. The Kier molecular flexibility index (Phi) is 2.85. The third kappa shape index (κ3) is 2.05. The number of nitrogens with one attached hydrogen (secondary N) is 1. The van der Waals surface area contributed by atoms with E-state index in [0.29, 0.717) is 10.8 Å². The zero-order valence-electron chi connectivity index (χ0n) is 12.5. The second-order valence-corrected chi connectivity index (χ2v) is 7.37. The molecule has 0 unspecified atom stereocenters. The van der Waals surface area contributed by atoms with E-state index in [1.165, 1.54) is 57.1 Å². The molecular weight excluding hydrogens is 246 g/mol. The van der Waals surface area contributed by atoms with Crippen molar-refractivity contribution in [3.8, 4) is 5.75 Å². The smallest absolute Gasteiger partial charge is 0.118 e. The summed E-state index contributed by atoms with van der Waals surface area (Å²) < 4.78 is 5.30. The normalized spacial score (nSPS) is 25.9. The van der Waals surface area contributed by atoms with Crippen LogP contribution in [0.15, 0.2) is 24.3 Å². The molecule has 0 heterocycles. The molecule has 0 amide bonds. The van der Waals surface area contributed by atoms with Crippen LogP contribution in [0.25, 0.3) is 0 Å². The fourth-order valence-electron chi connectivity index (χ4n) is 4.42. The second kappa shape index (κ2) is 4.49. The van der Waals surface area contributed by atoms with E-state index in [1.54, 1.807) is 7.11 Å². The molecule has 0 bridgehead atoms. The molecule has 108 valence electrons. The fraction of sp³-hybridized carbons (Fsp3) is 0.667. The quantitative estimate of drug-likeness (QED) is 0.882. The number of benzene rings is 1. The van der Waals surface area contributed by atoms with Crippen molar-refractivity contribution >= 4 is 0 Å². The van der Waals surface area contributed by atoms with E-state index < -0.39 is 0 Å². The molecule has 1 aromatic rings. The minimum absolute atomic E-state index is 0.398. The van der Waals surface area contributed by atoms with Gasteiger partial charge >= 0.3 is 0 Å². The number of hydrogen-bond donors (Lipinski definition) is 1. The summed E-state index contributed by atoms with van der Waals surface area (Å²) in [5.41, 5.74) is 2.63. The molecule has 1 aromatic carbocycles. The highest BCUT2D eigenvalue weighted by Crippen LogP contribution is 2.64. The van der Waals surface area contributed by atoms with Crippen LogP contribution in [0.2, 0.25) is 0 Å². The lowest BCUT2D eigenvalue weighted by molar-refractivity contribution is -0.0484. The first-order chi connectivity index (χ1) is 9.74. The molecule has 0 radical (unpaired) electrons. The number of ether oxygens (including phenoxy) is 1. The average Bonchev–Trinajstić information content (AvgIpc) is 3.20. The highest BCUT2D eigenvalue weighted by molar-refractivity contribution is 5.36. The monoisotopic (exact) mass is 271 g/mol. The van der Waals surface area contributed by atoms with Gasteiger partial charge in [0.25, 0.3) is 0 Å². The summed E-state index contributed by atoms with van der Waals surface area (Å²) >= 11 is 0. The van der Waals surface area contributed by atoms with Crippen molar-refractivity contribution in [3.05, 3.63) is 29.8 Å². The van der Waals surface area contributed by atoms with Crippen molar-refractivity contribution in [2.45, 2.75) is 56.4 Å². The first-order valence-corrected chi connectivity index (χ1v) is 8.12. The zero-order chi connectivity index (χ0) is 13.6. The third-order valence-electron chi connectivity index (χ3n) is 5.85. The Balaban J connectivity index is 1.53. The van der Waals surface area contributed by atoms with E-state index in [2.05, 4.69) is 29.6 Å². The summed E-state index contributed by atoms with van der Waals surface area (Å²) in [5, 5.41) is 3.78. The molecular formula is C18H25NO. The Bertz CT molecular complexity index is 477. The lowest BCUT2D eigenvalue weighted by atomic mass is 9.43. The van der Waals surface area contributed by atoms with Gasteiger partial charge in [0.2, 0.25) is 0 Å². The molecule has 0 atom stereocenters. The van der Waals surface area contributed by atoms with E-state index in [-0.39, 0.29) is 0 Å². The van der Waals surface area contributed by atoms with Crippen molar-refractivity contribution in [2.24, 2.45) is 5.41 Å². The largest absolute Gasteiger partial charge is 0.497 e. The molecule has 1 spiro atoms. The maximum Gasteiger partial charge on any atom is 0.118 e. The molecule has 3 saturated carbocycles. The molecule has 3 aliphatic carbocycles. The average molecular weight is 271 g/mol. The van der Waals surface area contributed by atoms with Crippen LogP contribution in [0.3, 0.4) is 0 Å². The van der Waals surface area contributed by atoms with Crippen LogP contribution in [0.1, 0.15) is 50.5 Å². The molecule has 0 aliphatic heterocycles. The van der Waals surface area contributed by atoms with E-state index in [0.717, 1.165) is 11.8 Å². The van der Waals surface area contributed by atoms with Crippen LogP contribution in [0, 0.1) is 5.41 Å². The summed E-state index contributed by atoms with van der Waals surface area (Å²) in [6.07, 6.45) is 9.93. The van der Waals surface area contributed by atoms with Crippen LogP contribution in [0.4, 0.5) is 0 Å². The van der Waals surface area contributed by atoms with Gasteiger partial charge in [0, 0.05) is 18.0 Å². The van der Waals surface area contributed by atoms with Crippen LogP contribution in [0.5, 0.6) is 5.75 Å². The standard InChI is InChI=1S/C18H25NO/c1-20-16-7-3-14(4-8-16)18(13-19-15-5-6-15)11-17(12-18)9-2-10-17/h3-4,7-8,15,19H,2,5-6,9-13H2,1H3. The Hall–Kier alpha value is -1.02. The molecule has 2 heteroatoms. The van der Waals surface area contributed by atoms with Crippen LogP contribution >= 0.6 is 0 Å². The fourth-order valence-corrected chi connectivity index (χ4v) is 4.42. The predicted octanol–water partition coefficient (Wildman–Crippen LogP) is 3.65. The van der Waals surface area contributed by atoms with Crippen molar-refractivity contribution in [3.63, 3.8) is 0 Å². The maximum absolute atomic E-state index is 5.30. The van der Waals surface area contributed by atoms with Gasteiger partial charge in [-0.2, -0.15) is 0 Å². The van der Waals surface area contributed by atoms with Crippen LogP contribution in [-0.2, 0) is 5.41 Å². The van der Waals surface area contributed by atoms with Gasteiger partial charge in [0.15, 0.2) is 0 Å². The van der Waals surface area contributed by atoms with Crippen LogP contribution in [-0.4, -0.2) is 19.7 Å². The van der Waals surface area contributed by atoms with Gasteiger partial charge in [0.05, 0.1) is 7.11 Å². The lowest BCUT2D eigenvalue weighted by Crippen LogP contribution is -2.57. The Morgan fingerprint density at radius 3 is 2.35 bits per heavy atom. The van der Waals surface area contributed by atoms with E-state index in [4.69, 9.17) is 4.74 Å². The first-order valence-electron chi connectivity index (χ1n) is 8.12. The lowest BCUT2D eigenvalue weighted by Gasteiger charge is -2.62. The first kappa shape index (κ1) is 12.7. The highest BCUT2D eigenvalue weighted by Gasteiger charge is 2.57. The molecule has 20 heavy (non-hydrogen) atoms. The van der Waals surface area contributed by atoms with E-state index in [1.807, 2.05) is 0 Å². The Morgan fingerprint density at radius 2 is 1.85 bits per heavy atom. The van der Waals surface area contributed by atoms with E-state index >= 15 is 0 Å². The second-order valence-electron chi connectivity index (χ2n) is 7.37. The summed E-state index contributed by atoms with van der Waals surface area (Å²) in [4.78, 5) is 0. The van der Waals surface area contributed by atoms with Gasteiger partial charge in [-0.15, -0.1) is 0 Å². The maximum atomic E-state index is 5.30. The zero-order valence-corrected chi connectivity index (χ0v) is 12.5. The molecule has 2 nitrogen and oxygen atoms in total. The van der Waals surface area contributed by atoms with Gasteiger partial charge in [0.1, 0.15) is 5.75 Å². The van der Waals surface area contributed by atoms with Gasteiger partial charge in [-0.1, -0.05) is 18.6 Å². The topological polar surface area (TPSA) is 21.3 Å². The summed E-state index contributed by atoms with van der Waals surface area (Å²) in [6.45, 7) is 1.17. The van der Waals surface area contributed by atoms with Crippen molar-refractivity contribution < 1.29 is 4.74 Å². The SMILES string of the molecule is COc1ccc(C2(CNC3CC3)CC3(CCC3)C2)cc1. The van der Waals surface area contributed by atoms with Crippen molar-refractivity contribution in [1.29, 1.82) is 0 Å². The third-order valence-corrected chi connectivity index (χ3v) is 5.85. The minimum atomic E-state index is 0.398. The van der Waals surface area contributed by atoms with Gasteiger partial charge in [-0.25, -0.2) is 0 Å². The van der Waals surface area contributed by atoms with Crippen molar-refractivity contribution in [2.75, 3.05) is 13.7 Å². The van der Waals surface area contributed by atoms with Crippen molar-refractivity contribution in [1.82, 2.24) is 5.32 Å². The van der Waals surface area contributed by atoms with Gasteiger partial charge in [-0.3, -0.25) is 0 Å². The molecule has 3 aliphatic rings. The number of hydrogen-bond acceptors (Lipinski definition) is 2. The summed E-state index contributed by atoms with van der Waals surface area (Å²) in [7, 11) is 1.74. The summed E-state index contributed by atoms with van der Waals surface area (Å²) in [6, 6.07) is 9.64. The molecule has 0 aromatic heterocycles. The number of methoxy groups -OCH3 is 1. The predicted molar refractivity (Wildman–Crippen MR) is 81.2 cm³/mol. The summed E-state index contributed by atoms with van der Waals surface area (Å²) in [5.74, 6) is 0.969.